The summed E-state index contributed by atoms with van der Waals surface area (Å²) in [5, 5.41) is 0. The number of nitrogens with zero attached hydrogens (tertiary/aromatic N) is 2. The lowest BCUT2D eigenvalue weighted by atomic mass is 10.1. The average molecular weight is 388 g/mol. The van der Waals surface area contributed by atoms with Gasteiger partial charge in [0.05, 0.1) is 5.75 Å². The van der Waals surface area contributed by atoms with E-state index in [-0.39, 0.29) is 11.7 Å². The molecule has 0 aliphatic carbocycles. The lowest BCUT2D eigenvalue weighted by Crippen LogP contribution is -2.47. The molecule has 0 spiro atoms. The van der Waals surface area contributed by atoms with E-state index in [4.69, 9.17) is 0 Å². The largest absolute Gasteiger partial charge is 0.336 e. The highest BCUT2D eigenvalue weighted by Gasteiger charge is 2.20. The third-order valence-corrected chi connectivity index (χ3v) is 5.89. The number of benzene rings is 2. The molecule has 0 saturated carbocycles. The summed E-state index contributed by atoms with van der Waals surface area (Å²) in [6.45, 7) is 5.07. The first-order valence-corrected chi connectivity index (χ1v) is 10.6. The predicted octanol–water partition coefficient (Wildman–Crippen LogP) is 2.32. The minimum Gasteiger partial charge on any atom is -0.336 e. The molecule has 1 saturated heterocycles. The van der Waals surface area contributed by atoms with Gasteiger partial charge in [0.15, 0.2) is 0 Å². The Labute approximate surface area is 160 Å². The molecular formula is C20H25N3O3S. The van der Waals surface area contributed by atoms with Crippen LogP contribution < -0.4 is 4.72 Å². The fourth-order valence-corrected chi connectivity index (χ4v) is 4.30. The Hall–Kier alpha value is -2.38. The van der Waals surface area contributed by atoms with Crippen LogP contribution in [0.15, 0.2) is 48.5 Å². The van der Waals surface area contributed by atoms with Crippen molar-refractivity contribution in [1.82, 2.24) is 9.80 Å². The summed E-state index contributed by atoms with van der Waals surface area (Å²) in [6, 6.07) is 14.0. The number of carbonyl (C=O) groups is 1. The summed E-state index contributed by atoms with van der Waals surface area (Å²) in [7, 11) is -1.47. The normalized spacial score (nSPS) is 15.6. The molecule has 1 heterocycles. The first kappa shape index (κ1) is 19.4. The van der Waals surface area contributed by atoms with Crippen molar-refractivity contribution in [3.8, 4) is 0 Å². The number of hydrogen-bond donors (Lipinski definition) is 1. The molecule has 2 aromatic carbocycles. The molecule has 0 atom stereocenters. The summed E-state index contributed by atoms with van der Waals surface area (Å²) < 4.78 is 27.4. The van der Waals surface area contributed by atoms with Gasteiger partial charge in [-0.2, -0.15) is 0 Å². The number of carbonyl (C=O) groups excluding carboxylic acids is 1. The van der Waals surface area contributed by atoms with Crippen molar-refractivity contribution in [1.29, 1.82) is 0 Å². The fourth-order valence-electron chi connectivity index (χ4n) is 3.11. The number of aryl methyl sites for hydroxylation is 1. The summed E-state index contributed by atoms with van der Waals surface area (Å²) in [5.41, 5.74) is 2.79. The fraction of sp³-hybridized carbons (Fsp3) is 0.350. The predicted molar refractivity (Wildman–Crippen MR) is 107 cm³/mol. The van der Waals surface area contributed by atoms with E-state index >= 15 is 0 Å². The molecule has 0 radical (unpaired) electrons. The minimum atomic E-state index is -3.52. The zero-order chi connectivity index (χ0) is 19.4. The average Bonchev–Trinajstić information content (AvgIpc) is 2.61. The van der Waals surface area contributed by atoms with Gasteiger partial charge in [-0.25, -0.2) is 8.42 Å². The van der Waals surface area contributed by atoms with Crippen LogP contribution in [0.5, 0.6) is 0 Å². The van der Waals surface area contributed by atoms with Crippen LogP contribution in [0.4, 0.5) is 5.69 Å². The maximum Gasteiger partial charge on any atom is 0.253 e. The summed E-state index contributed by atoms with van der Waals surface area (Å²) >= 11 is 0. The second-order valence-corrected chi connectivity index (χ2v) is 8.75. The van der Waals surface area contributed by atoms with E-state index in [9.17, 15) is 13.2 Å². The third-order valence-electron chi connectivity index (χ3n) is 4.63. The van der Waals surface area contributed by atoms with E-state index in [0.717, 1.165) is 24.2 Å². The first-order chi connectivity index (χ1) is 12.8. The maximum absolute atomic E-state index is 12.5. The molecule has 1 amide bonds. The van der Waals surface area contributed by atoms with Gasteiger partial charge in [0, 0.05) is 37.4 Å². The molecule has 0 unspecified atom stereocenters. The summed E-state index contributed by atoms with van der Waals surface area (Å²) in [4.78, 5) is 16.6. The van der Waals surface area contributed by atoms with E-state index < -0.39 is 10.0 Å². The zero-order valence-corrected chi connectivity index (χ0v) is 16.5. The zero-order valence-electron chi connectivity index (χ0n) is 15.7. The molecule has 1 aliphatic rings. The van der Waals surface area contributed by atoms with Crippen LogP contribution in [-0.2, 0) is 15.8 Å². The van der Waals surface area contributed by atoms with Crippen molar-refractivity contribution in [2.45, 2.75) is 12.7 Å². The van der Waals surface area contributed by atoms with Crippen molar-refractivity contribution >= 4 is 21.6 Å². The Morgan fingerprint density at radius 3 is 2.33 bits per heavy atom. The van der Waals surface area contributed by atoms with Gasteiger partial charge >= 0.3 is 0 Å². The smallest absolute Gasteiger partial charge is 0.253 e. The Bertz CT molecular complexity index is 902. The molecular weight excluding hydrogens is 362 g/mol. The number of rotatable bonds is 5. The van der Waals surface area contributed by atoms with Gasteiger partial charge in [-0.15, -0.1) is 0 Å². The molecule has 1 aliphatic heterocycles. The van der Waals surface area contributed by atoms with E-state index in [1.165, 1.54) is 0 Å². The molecule has 0 aromatic heterocycles. The number of likely N-dealkylation sites (N-methyl/N-ethyl adjacent to an activating group) is 1. The Morgan fingerprint density at radius 2 is 1.70 bits per heavy atom. The Kier molecular flexibility index (Phi) is 5.82. The Morgan fingerprint density at radius 1 is 1.04 bits per heavy atom. The lowest BCUT2D eigenvalue weighted by Gasteiger charge is -2.32. The maximum atomic E-state index is 12.5. The highest BCUT2D eigenvalue weighted by atomic mass is 32.2. The van der Waals surface area contributed by atoms with Crippen LogP contribution in [0.2, 0.25) is 0 Å². The van der Waals surface area contributed by atoms with Crippen LogP contribution in [-0.4, -0.2) is 57.4 Å². The number of amides is 1. The summed E-state index contributed by atoms with van der Waals surface area (Å²) in [5.74, 6) is -0.103. The van der Waals surface area contributed by atoms with E-state index in [1.54, 1.807) is 30.3 Å². The monoisotopic (exact) mass is 387 g/mol. The molecule has 1 fully saturated rings. The first-order valence-electron chi connectivity index (χ1n) is 8.96. The highest BCUT2D eigenvalue weighted by Crippen LogP contribution is 2.16. The van der Waals surface area contributed by atoms with Crippen molar-refractivity contribution in [3.63, 3.8) is 0 Å². The molecule has 1 N–H and O–H groups in total. The number of sulfonamides is 1. The van der Waals surface area contributed by atoms with E-state index in [2.05, 4.69) is 9.62 Å². The topological polar surface area (TPSA) is 69.7 Å². The van der Waals surface area contributed by atoms with Crippen molar-refractivity contribution in [2.24, 2.45) is 0 Å². The van der Waals surface area contributed by atoms with Gasteiger partial charge < -0.3 is 9.80 Å². The molecule has 144 valence electrons. The van der Waals surface area contributed by atoms with E-state index in [1.807, 2.05) is 37.1 Å². The van der Waals surface area contributed by atoms with Gasteiger partial charge in [-0.3, -0.25) is 9.52 Å². The highest BCUT2D eigenvalue weighted by molar-refractivity contribution is 7.91. The Balaban J connectivity index is 1.64. The van der Waals surface area contributed by atoms with Gasteiger partial charge in [0.2, 0.25) is 10.0 Å². The quantitative estimate of drug-likeness (QED) is 0.855. The number of hydrogen-bond acceptors (Lipinski definition) is 4. The van der Waals surface area contributed by atoms with Gasteiger partial charge in [0.1, 0.15) is 0 Å². The molecule has 7 heteroatoms. The number of nitrogens with one attached hydrogen (secondary N) is 1. The number of anilines is 1. The SMILES string of the molecule is Cc1cccc(CS(=O)(=O)Nc2ccc(C(=O)N3CCN(C)CC3)cc2)c1. The standard InChI is InChI=1S/C20H25N3O3S/c1-16-4-3-5-17(14-16)15-27(25,26)21-19-8-6-18(7-9-19)20(24)23-12-10-22(2)11-13-23/h3-9,14,21H,10-13,15H2,1-2H3. The second kappa shape index (κ2) is 8.10. The molecule has 27 heavy (non-hydrogen) atoms. The minimum absolute atomic E-state index is 0.0164. The molecule has 6 nitrogen and oxygen atoms in total. The second-order valence-electron chi connectivity index (χ2n) is 7.02. The van der Waals surface area contributed by atoms with Gasteiger partial charge in [-0.05, 0) is 43.8 Å². The van der Waals surface area contributed by atoms with Gasteiger partial charge in [-0.1, -0.05) is 29.8 Å². The van der Waals surface area contributed by atoms with Crippen LogP contribution in [0, 0.1) is 6.92 Å². The van der Waals surface area contributed by atoms with Gasteiger partial charge in [0.25, 0.3) is 5.91 Å². The van der Waals surface area contributed by atoms with Crippen LogP contribution in [0.25, 0.3) is 0 Å². The molecule has 3 rings (SSSR count). The van der Waals surface area contributed by atoms with Crippen LogP contribution in [0.3, 0.4) is 0 Å². The van der Waals surface area contributed by atoms with E-state index in [0.29, 0.717) is 24.3 Å². The number of piperazine rings is 1. The van der Waals surface area contributed by atoms with Crippen molar-refractivity contribution in [3.05, 3.63) is 65.2 Å². The lowest BCUT2D eigenvalue weighted by molar-refractivity contribution is 0.0664. The van der Waals surface area contributed by atoms with Crippen LogP contribution in [0.1, 0.15) is 21.5 Å². The third kappa shape index (κ3) is 5.30. The van der Waals surface area contributed by atoms with Crippen molar-refractivity contribution in [2.75, 3.05) is 37.9 Å². The van der Waals surface area contributed by atoms with Crippen molar-refractivity contribution < 1.29 is 13.2 Å². The van der Waals surface area contributed by atoms with Crippen LogP contribution >= 0.6 is 0 Å². The summed E-state index contributed by atoms with van der Waals surface area (Å²) in [6.07, 6.45) is 0. The molecule has 2 aromatic rings. The molecule has 0 bridgehead atoms.